The highest BCUT2D eigenvalue weighted by atomic mass is 16.5. The van der Waals surface area contributed by atoms with Crippen LogP contribution in [-0.4, -0.2) is 35.7 Å². The van der Waals surface area contributed by atoms with E-state index < -0.39 is 18.1 Å². The zero-order valence-electron chi connectivity index (χ0n) is 19.7. The van der Waals surface area contributed by atoms with E-state index >= 15 is 0 Å². The Morgan fingerprint density at radius 1 is 0.886 bits per heavy atom. The van der Waals surface area contributed by atoms with Crippen molar-refractivity contribution in [3.8, 4) is 11.1 Å². The number of hydrogen-bond acceptors (Lipinski definition) is 4. The van der Waals surface area contributed by atoms with Crippen molar-refractivity contribution in [3.05, 3.63) is 89.5 Å². The lowest BCUT2D eigenvalue weighted by molar-refractivity contribution is -0.141. The van der Waals surface area contributed by atoms with Gasteiger partial charge in [-0.2, -0.15) is 0 Å². The van der Waals surface area contributed by atoms with Crippen molar-refractivity contribution in [3.63, 3.8) is 0 Å². The molecule has 2 atom stereocenters. The summed E-state index contributed by atoms with van der Waals surface area (Å²) in [6.07, 6.45) is -0.369. The summed E-state index contributed by atoms with van der Waals surface area (Å²) in [5.41, 5.74) is 6.15. The molecular formula is C28H28N2O5. The number of carbonyl (C=O) groups is 3. The molecule has 1 aliphatic carbocycles. The van der Waals surface area contributed by atoms with Crippen LogP contribution in [-0.2, 0) is 14.3 Å². The van der Waals surface area contributed by atoms with Crippen LogP contribution in [0.2, 0.25) is 0 Å². The van der Waals surface area contributed by atoms with Gasteiger partial charge in [-0.3, -0.25) is 14.9 Å². The number of nitrogens with one attached hydrogen (secondary N) is 2. The van der Waals surface area contributed by atoms with Crippen LogP contribution in [0, 0.1) is 0 Å². The Labute approximate surface area is 204 Å². The largest absolute Gasteiger partial charge is 0.480 e. The molecule has 0 heterocycles. The summed E-state index contributed by atoms with van der Waals surface area (Å²) in [7, 11) is 0. The van der Waals surface area contributed by atoms with Crippen LogP contribution in [0.25, 0.3) is 11.1 Å². The third-order valence-electron chi connectivity index (χ3n) is 6.31. The molecule has 4 rings (SSSR count). The molecule has 0 radical (unpaired) electrons. The van der Waals surface area contributed by atoms with Gasteiger partial charge in [0.25, 0.3) is 0 Å². The maximum Gasteiger partial charge on any atom is 0.411 e. The first kappa shape index (κ1) is 24.0. The lowest BCUT2D eigenvalue weighted by Gasteiger charge is -2.16. The fraction of sp³-hybridized carbons (Fsp3) is 0.250. The highest BCUT2D eigenvalue weighted by Crippen LogP contribution is 2.44. The molecule has 3 aromatic carbocycles. The average molecular weight is 473 g/mol. The van der Waals surface area contributed by atoms with Crippen LogP contribution in [0.5, 0.6) is 0 Å². The first-order valence-electron chi connectivity index (χ1n) is 11.6. The Hall–Kier alpha value is -4.13. The van der Waals surface area contributed by atoms with Crippen LogP contribution in [0.4, 0.5) is 10.5 Å². The van der Waals surface area contributed by atoms with Gasteiger partial charge in [0.1, 0.15) is 12.6 Å². The number of aliphatic carboxylic acids is 1. The van der Waals surface area contributed by atoms with Gasteiger partial charge in [0.15, 0.2) is 0 Å². The Morgan fingerprint density at radius 2 is 1.46 bits per heavy atom. The van der Waals surface area contributed by atoms with E-state index in [2.05, 4.69) is 34.9 Å². The molecule has 7 nitrogen and oxygen atoms in total. The van der Waals surface area contributed by atoms with Gasteiger partial charge in [0.2, 0.25) is 5.91 Å². The van der Waals surface area contributed by atoms with Crippen LogP contribution >= 0.6 is 0 Å². The average Bonchev–Trinajstić information content (AvgIpc) is 3.16. The Morgan fingerprint density at radius 3 is 2.03 bits per heavy atom. The third kappa shape index (κ3) is 5.51. The third-order valence-corrected chi connectivity index (χ3v) is 6.31. The molecule has 0 aliphatic heterocycles. The molecule has 0 saturated heterocycles. The van der Waals surface area contributed by atoms with E-state index in [-0.39, 0.29) is 30.8 Å². The highest BCUT2D eigenvalue weighted by Gasteiger charge is 2.29. The number of ether oxygens (including phenoxy) is 1. The quantitative estimate of drug-likeness (QED) is 0.422. The van der Waals surface area contributed by atoms with Gasteiger partial charge in [0.05, 0.1) is 0 Å². The molecule has 2 amide bonds. The van der Waals surface area contributed by atoms with Crippen molar-refractivity contribution >= 4 is 23.7 Å². The SMILES string of the molecule is CC(NC(=O)CC(C)c1ccc(NC(=O)OCC2c3ccccc3-c3ccccc32)cc1)C(=O)O. The van der Waals surface area contributed by atoms with E-state index in [0.717, 1.165) is 16.7 Å². The topological polar surface area (TPSA) is 105 Å². The smallest absolute Gasteiger partial charge is 0.411 e. The lowest BCUT2D eigenvalue weighted by Crippen LogP contribution is -2.38. The fourth-order valence-electron chi connectivity index (χ4n) is 4.41. The van der Waals surface area contributed by atoms with Gasteiger partial charge in [0, 0.05) is 18.0 Å². The van der Waals surface area contributed by atoms with Crippen molar-refractivity contribution in [1.29, 1.82) is 0 Å². The van der Waals surface area contributed by atoms with Crippen LogP contribution in [0.15, 0.2) is 72.8 Å². The Bertz CT molecular complexity index is 1190. The first-order valence-corrected chi connectivity index (χ1v) is 11.6. The summed E-state index contributed by atoms with van der Waals surface area (Å²) in [6.45, 7) is 3.55. The molecule has 0 fully saturated rings. The van der Waals surface area contributed by atoms with E-state index in [4.69, 9.17) is 9.84 Å². The van der Waals surface area contributed by atoms with Crippen molar-refractivity contribution in [2.75, 3.05) is 11.9 Å². The van der Waals surface area contributed by atoms with Gasteiger partial charge >= 0.3 is 12.1 Å². The van der Waals surface area contributed by atoms with Crippen LogP contribution in [0.1, 0.15) is 48.8 Å². The van der Waals surface area contributed by atoms with Gasteiger partial charge < -0.3 is 15.2 Å². The molecule has 0 aromatic heterocycles. The molecule has 3 N–H and O–H groups in total. The lowest BCUT2D eigenvalue weighted by atomic mass is 9.97. The van der Waals surface area contributed by atoms with Crippen molar-refractivity contribution in [2.24, 2.45) is 0 Å². The zero-order valence-corrected chi connectivity index (χ0v) is 19.7. The van der Waals surface area contributed by atoms with Gasteiger partial charge in [-0.15, -0.1) is 0 Å². The molecule has 3 aromatic rings. The number of anilines is 1. The number of benzene rings is 3. The minimum absolute atomic E-state index is 0.00799. The molecule has 0 saturated carbocycles. The molecule has 180 valence electrons. The number of carboxylic acids is 1. The zero-order chi connectivity index (χ0) is 24.9. The highest BCUT2D eigenvalue weighted by molar-refractivity contribution is 5.85. The summed E-state index contributed by atoms with van der Waals surface area (Å²) in [5, 5.41) is 14.1. The summed E-state index contributed by atoms with van der Waals surface area (Å²) >= 11 is 0. The molecule has 2 unspecified atom stereocenters. The number of carboxylic acid groups (broad SMARTS) is 1. The monoisotopic (exact) mass is 472 g/mol. The first-order chi connectivity index (χ1) is 16.8. The van der Waals surface area contributed by atoms with Crippen LogP contribution in [0.3, 0.4) is 0 Å². The van der Waals surface area contributed by atoms with Crippen molar-refractivity contribution in [2.45, 2.75) is 38.1 Å². The van der Waals surface area contributed by atoms with Crippen LogP contribution < -0.4 is 10.6 Å². The Kier molecular flexibility index (Phi) is 7.15. The number of rotatable bonds is 8. The second-order valence-corrected chi connectivity index (χ2v) is 8.81. The minimum Gasteiger partial charge on any atom is -0.480 e. The van der Waals surface area contributed by atoms with E-state index in [1.807, 2.05) is 43.3 Å². The predicted molar refractivity (Wildman–Crippen MR) is 133 cm³/mol. The molecule has 0 spiro atoms. The number of hydrogen-bond donors (Lipinski definition) is 3. The normalized spacial score (nSPS) is 13.8. The maximum atomic E-state index is 12.5. The van der Waals surface area contributed by atoms with Gasteiger partial charge in [-0.05, 0) is 52.8 Å². The van der Waals surface area contributed by atoms with Crippen molar-refractivity contribution in [1.82, 2.24) is 5.32 Å². The second kappa shape index (κ2) is 10.4. The Balaban J connectivity index is 1.32. The van der Waals surface area contributed by atoms with Gasteiger partial charge in [-0.25, -0.2) is 4.79 Å². The number of carbonyl (C=O) groups excluding carboxylic acids is 2. The molecule has 35 heavy (non-hydrogen) atoms. The molecule has 1 aliphatic rings. The van der Waals surface area contributed by atoms with E-state index in [0.29, 0.717) is 5.69 Å². The minimum atomic E-state index is -1.07. The van der Waals surface area contributed by atoms with E-state index in [1.165, 1.54) is 18.1 Å². The number of fused-ring (bicyclic) bond motifs is 3. The summed E-state index contributed by atoms with van der Waals surface area (Å²) in [6, 6.07) is 22.6. The van der Waals surface area contributed by atoms with Crippen molar-refractivity contribution < 1.29 is 24.2 Å². The maximum absolute atomic E-state index is 12.5. The number of amides is 2. The molecule has 0 bridgehead atoms. The summed E-state index contributed by atoms with van der Waals surface area (Å²) in [5.74, 6) is -1.52. The summed E-state index contributed by atoms with van der Waals surface area (Å²) < 4.78 is 5.58. The second-order valence-electron chi connectivity index (χ2n) is 8.81. The van der Waals surface area contributed by atoms with E-state index in [9.17, 15) is 14.4 Å². The van der Waals surface area contributed by atoms with E-state index in [1.54, 1.807) is 12.1 Å². The summed E-state index contributed by atoms with van der Waals surface area (Å²) in [4.78, 5) is 35.4. The van der Waals surface area contributed by atoms with Gasteiger partial charge in [-0.1, -0.05) is 67.6 Å². The molecular weight excluding hydrogens is 444 g/mol. The predicted octanol–water partition coefficient (Wildman–Crippen LogP) is 5.13. The standard InChI is InChI=1S/C28H28N2O5/c1-17(15-26(31)29-18(2)27(32)33)19-11-13-20(14-12-19)30-28(34)35-16-25-23-9-5-3-7-21(23)22-8-4-6-10-24(22)25/h3-14,17-18,25H,15-16H2,1-2H3,(H,29,31)(H,30,34)(H,32,33). The molecule has 7 heteroatoms. The fourth-order valence-corrected chi connectivity index (χ4v) is 4.41.